The molecule has 0 amide bonds. The van der Waals surface area contributed by atoms with E-state index < -0.39 is 0 Å². The van der Waals surface area contributed by atoms with Crippen LogP contribution in [0.2, 0.25) is 0 Å². The monoisotopic (exact) mass is 204 g/mol. The fourth-order valence-electron chi connectivity index (χ4n) is 1.95. The summed E-state index contributed by atoms with van der Waals surface area (Å²) < 4.78 is 5.23. The number of rotatable bonds is 1. The highest BCUT2D eigenvalue weighted by Gasteiger charge is 2.12. The summed E-state index contributed by atoms with van der Waals surface area (Å²) in [6.45, 7) is 0. The second-order valence-electron chi connectivity index (χ2n) is 4.02. The third-order valence-corrected chi connectivity index (χ3v) is 2.82. The van der Waals surface area contributed by atoms with Crippen LogP contribution in [0, 0.1) is 0 Å². The van der Waals surface area contributed by atoms with Crippen molar-refractivity contribution in [3.63, 3.8) is 0 Å². The van der Waals surface area contributed by atoms with Crippen LogP contribution in [-0.2, 0) is 4.79 Å². The highest BCUT2D eigenvalue weighted by atomic mass is 16.3. The molecule has 2 heteroatoms. The van der Waals surface area contributed by atoms with E-state index in [1.54, 1.807) is 6.26 Å². The van der Waals surface area contributed by atoms with E-state index >= 15 is 0 Å². The lowest BCUT2D eigenvalue weighted by molar-refractivity contribution is -0.115. The fraction of sp³-hybridized carbons (Fsp3) is 0.462. The summed E-state index contributed by atoms with van der Waals surface area (Å²) in [4.78, 5) is 11.8. The minimum absolute atomic E-state index is 0.297. The zero-order valence-corrected chi connectivity index (χ0v) is 8.87. The van der Waals surface area contributed by atoms with E-state index in [2.05, 4.69) is 0 Å². The van der Waals surface area contributed by atoms with Crippen molar-refractivity contribution in [1.82, 2.24) is 0 Å². The SMILES string of the molecule is O=C1CCCCCC/C1=C/c1ccco1. The lowest BCUT2D eigenvalue weighted by Crippen LogP contribution is -2.05. The number of carbonyl (C=O) groups is 1. The third kappa shape index (κ3) is 2.82. The van der Waals surface area contributed by atoms with Crippen molar-refractivity contribution in [2.75, 3.05) is 0 Å². The van der Waals surface area contributed by atoms with Crippen molar-refractivity contribution < 1.29 is 9.21 Å². The summed E-state index contributed by atoms with van der Waals surface area (Å²) >= 11 is 0. The number of ketones is 1. The first-order valence-electron chi connectivity index (χ1n) is 5.63. The molecular weight excluding hydrogens is 188 g/mol. The van der Waals surface area contributed by atoms with E-state index in [1.165, 1.54) is 12.8 Å². The molecule has 15 heavy (non-hydrogen) atoms. The van der Waals surface area contributed by atoms with Gasteiger partial charge in [-0.1, -0.05) is 12.8 Å². The average Bonchev–Trinajstić information content (AvgIpc) is 2.70. The average molecular weight is 204 g/mol. The van der Waals surface area contributed by atoms with Gasteiger partial charge in [0.1, 0.15) is 5.76 Å². The van der Waals surface area contributed by atoms with Crippen LogP contribution in [0.3, 0.4) is 0 Å². The molecule has 0 bridgehead atoms. The molecule has 0 N–H and O–H groups in total. The smallest absolute Gasteiger partial charge is 0.158 e. The maximum Gasteiger partial charge on any atom is 0.158 e. The molecule has 1 saturated carbocycles. The Bertz CT molecular complexity index is 347. The highest BCUT2D eigenvalue weighted by molar-refractivity contribution is 5.99. The van der Waals surface area contributed by atoms with Crippen LogP contribution < -0.4 is 0 Å². The molecule has 0 aliphatic heterocycles. The molecule has 1 aliphatic rings. The van der Waals surface area contributed by atoms with E-state index in [0.29, 0.717) is 12.2 Å². The largest absolute Gasteiger partial charge is 0.465 e. The summed E-state index contributed by atoms with van der Waals surface area (Å²) in [7, 11) is 0. The molecule has 1 aromatic rings. The molecule has 0 saturated heterocycles. The minimum Gasteiger partial charge on any atom is -0.465 e. The van der Waals surface area contributed by atoms with E-state index in [1.807, 2.05) is 18.2 Å². The van der Waals surface area contributed by atoms with Gasteiger partial charge >= 0.3 is 0 Å². The molecule has 0 spiro atoms. The Labute approximate surface area is 90.0 Å². The van der Waals surface area contributed by atoms with Gasteiger partial charge in [0.15, 0.2) is 5.78 Å². The predicted molar refractivity (Wildman–Crippen MR) is 59.4 cm³/mol. The van der Waals surface area contributed by atoms with Gasteiger partial charge in [-0.2, -0.15) is 0 Å². The van der Waals surface area contributed by atoms with Crippen molar-refractivity contribution in [3.05, 3.63) is 29.7 Å². The van der Waals surface area contributed by atoms with Crippen LogP contribution >= 0.6 is 0 Å². The summed E-state index contributed by atoms with van der Waals surface area (Å²) in [5, 5.41) is 0. The number of carbonyl (C=O) groups excluding carboxylic acids is 1. The summed E-state index contributed by atoms with van der Waals surface area (Å²) in [6, 6.07) is 3.73. The standard InChI is InChI=1S/C13H16O2/c14-13-8-4-2-1-3-6-11(13)10-12-7-5-9-15-12/h5,7,9-10H,1-4,6,8H2/b11-10-. The Morgan fingerprint density at radius 1 is 1.13 bits per heavy atom. The second-order valence-corrected chi connectivity index (χ2v) is 4.02. The molecule has 0 aromatic carbocycles. The number of hydrogen-bond acceptors (Lipinski definition) is 2. The number of allylic oxidation sites excluding steroid dienone is 1. The van der Waals surface area contributed by atoms with E-state index in [-0.39, 0.29) is 0 Å². The molecule has 80 valence electrons. The third-order valence-electron chi connectivity index (χ3n) is 2.82. The van der Waals surface area contributed by atoms with E-state index in [0.717, 1.165) is 30.6 Å². The topological polar surface area (TPSA) is 30.2 Å². The Morgan fingerprint density at radius 2 is 1.93 bits per heavy atom. The molecule has 0 atom stereocenters. The molecule has 1 fully saturated rings. The molecular formula is C13H16O2. The van der Waals surface area contributed by atoms with Gasteiger partial charge in [0, 0.05) is 6.42 Å². The molecule has 1 heterocycles. The first-order valence-corrected chi connectivity index (χ1v) is 5.63. The molecule has 2 nitrogen and oxygen atoms in total. The molecule has 0 unspecified atom stereocenters. The van der Waals surface area contributed by atoms with Gasteiger partial charge < -0.3 is 4.42 Å². The zero-order valence-electron chi connectivity index (χ0n) is 8.87. The Kier molecular flexibility index (Phi) is 3.38. The first-order chi connectivity index (χ1) is 7.36. The van der Waals surface area contributed by atoms with Crippen LogP contribution in [0.5, 0.6) is 0 Å². The molecule has 2 rings (SSSR count). The van der Waals surface area contributed by atoms with Crippen molar-refractivity contribution in [2.24, 2.45) is 0 Å². The first kappa shape index (κ1) is 10.2. The van der Waals surface area contributed by atoms with Crippen molar-refractivity contribution in [3.8, 4) is 0 Å². The number of Topliss-reactive ketones (excluding diaryl/α,β-unsaturated/α-hetero) is 1. The predicted octanol–water partition coefficient (Wildman–Crippen LogP) is 3.59. The quantitative estimate of drug-likeness (QED) is 0.654. The van der Waals surface area contributed by atoms with Crippen LogP contribution in [-0.4, -0.2) is 5.78 Å². The minimum atomic E-state index is 0.297. The maximum atomic E-state index is 11.8. The van der Waals surface area contributed by atoms with Gasteiger partial charge in [-0.25, -0.2) is 0 Å². The van der Waals surface area contributed by atoms with E-state index in [9.17, 15) is 4.79 Å². The van der Waals surface area contributed by atoms with Crippen LogP contribution in [0.15, 0.2) is 28.4 Å². The molecule has 1 aromatic heterocycles. The number of hydrogen-bond donors (Lipinski definition) is 0. The molecule has 1 aliphatic carbocycles. The second kappa shape index (κ2) is 4.96. The Balaban J connectivity index is 2.13. The normalized spacial score (nSPS) is 21.3. The highest BCUT2D eigenvalue weighted by Crippen LogP contribution is 2.21. The van der Waals surface area contributed by atoms with Crippen LogP contribution in [0.25, 0.3) is 6.08 Å². The number of furan rings is 1. The lowest BCUT2D eigenvalue weighted by Gasteiger charge is -2.10. The van der Waals surface area contributed by atoms with E-state index in [4.69, 9.17) is 4.42 Å². The van der Waals surface area contributed by atoms with Crippen LogP contribution in [0.4, 0.5) is 0 Å². The van der Waals surface area contributed by atoms with Gasteiger partial charge in [-0.15, -0.1) is 0 Å². The summed E-state index contributed by atoms with van der Waals surface area (Å²) in [5.41, 5.74) is 0.935. The van der Waals surface area contributed by atoms with Gasteiger partial charge in [0.2, 0.25) is 0 Å². The van der Waals surface area contributed by atoms with Gasteiger partial charge in [-0.3, -0.25) is 4.79 Å². The Hall–Kier alpha value is -1.31. The summed E-state index contributed by atoms with van der Waals surface area (Å²) in [6.07, 6.45) is 9.73. The Morgan fingerprint density at radius 3 is 2.67 bits per heavy atom. The van der Waals surface area contributed by atoms with Crippen LogP contribution in [0.1, 0.15) is 44.3 Å². The van der Waals surface area contributed by atoms with Crippen molar-refractivity contribution >= 4 is 11.9 Å². The van der Waals surface area contributed by atoms with Crippen molar-refractivity contribution in [2.45, 2.75) is 38.5 Å². The van der Waals surface area contributed by atoms with Gasteiger partial charge in [0.05, 0.1) is 6.26 Å². The van der Waals surface area contributed by atoms with Gasteiger partial charge in [-0.05, 0) is 43.0 Å². The maximum absolute atomic E-state index is 11.8. The lowest BCUT2D eigenvalue weighted by atomic mass is 9.94. The van der Waals surface area contributed by atoms with Crippen molar-refractivity contribution in [1.29, 1.82) is 0 Å². The summed E-state index contributed by atoms with van der Waals surface area (Å²) in [5.74, 6) is 1.09. The molecule has 0 radical (unpaired) electrons. The van der Waals surface area contributed by atoms with Gasteiger partial charge in [0.25, 0.3) is 0 Å². The fourth-order valence-corrected chi connectivity index (χ4v) is 1.95. The zero-order chi connectivity index (χ0) is 10.5.